The van der Waals surface area contributed by atoms with Crippen LogP contribution in [0.15, 0.2) is 43.0 Å². The molecule has 0 aromatic heterocycles. The van der Waals surface area contributed by atoms with Gasteiger partial charge in [-0.05, 0) is 12.1 Å². The average molecular weight is 384 g/mol. The van der Waals surface area contributed by atoms with Crippen molar-refractivity contribution >= 4 is 28.2 Å². The fourth-order valence-corrected chi connectivity index (χ4v) is 5.86. The maximum Gasteiger partial charge on any atom is 0.251 e. The Labute approximate surface area is 156 Å². The van der Waals surface area contributed by atoms with Gasteiger partial charge in [-0.2, -0.15) is 0 Å². The molecule has 6 nitrogen and oxygen atoms in total. The summed E-state index contributed by atoms with van der Waals surface area (Å²) < 4.78 is 4.14. The van der Waals surface area contributed by atoms with E-state index in [1.807, 2.05) is 41.2 Å². The molecule has 26 heavy (non-hydrogen) atoms. The first-order valence-corrected chi connectivity index (χ1v) is 15.6. The lowest BCUT2D eigenvalue weighted by Gasteiger charge is -2.39. The van der Waals surface area contributed by atoms with E-state index >= 15 is 0 Å². The number of anilines is 1. The van der Waals surface area contributed by atoms with Gasteiger partial charge in [0, 0.05) is 5.56 Å². The number of carbonyl (C=O) groups is 1. The molecule has 0 aliphatic carbocycles. The molecule has 0 fully saturated rings. The first-order valence-electron chi connectivity index (χ1n) is 8.69. The lowest BCUT2D eigenvalue weighted by Crippen LogP contribution is -2.53. The predicted octanol–water partition coefficient (Wildman–Crippen LogP) is 3.94. The summed E-state index contributed by atoms with van der Waals surface area (Å²) in [6.07, 6.45) is 3.34. The standard InChI is InChI=1S/C18H25N5OSi2/c1-25(2,3)22-13-21-16-15(19-12-20-16)17(22)23(26(4,5)6)18(24)14-10-8-7-9-11-14/h7-13H,1-6H3. The van der Waals surface area contributed by atoms with Crippen molar-refractivity contribution < 1.29 is 4.79 Å². The highest BCUT2D eigenvalue weighted by Gasteiger charge is 2.38. The second-order valence-corrected chi connectivity index (χ2v) is 17.9. The van der Waals surface area contributed by atoms with E-state index in [4.69, 9.17) is 0 Å². The van der Waals surface area contributed by atoms with Gasteiger partial charge in [0.1, 0.15) is 17.8 Å². The highest BCUT2D eigenvalue weighted by atomic mass is 28.3. The van der Waals surface area contributed by atoms with Crippen LogP contribution in [-0.4, -0.2) is 41.6 Å². The Morgan fingerprint density at radius 3 is 2.19 bits per heavy atom. The quantitative estimate of drug-likeness (QED) is 0.640. The largest absolute Gasteiger partial charge is 0.346 e. The van der Waals surface area contributed by atoms with E-state index in [0.717, 1.165) is 5.82 Å². The van der Waals surface area contributed by atoms with E-state index in [1.54, 1.807) is 0 Å². The van der Waals surface area contributed by atoms with Gasteiger partial charge in [-0.25, -0.2) is 15.0 Å². The molecular weight excluding hydrogens is 358 g/mol. The van der Waals surface area contributed by atoms with Crippen LogP contribution in [-0.2, 0) is 0 Å². The van der Waals surface area contributed by atoms with Gasteiger partial charge in [-0.15, -0.1) is 0 Å². The van der Waals surface area contributed by atoms with Crippen molar-refractivity contribution in [3.8, 4) is 11.5 Å². The Morgan fingerprint density at radius 1 is 0.962 bits per heavy atom. The van der Waals surface area contributed by atoms with Gasteiger partial charge in [0.05, 0.1) is 6.33 Å². The van der Waals surface area contributed by atoms with Crippen LogP contribution in [0.2, 0.25) is 39.3 Å². The van der Waals surface area contributed by atoms with E-state index < -0.39 is 16.5 Å². The Hall–Kier alpha value is -2.33. The minimum atomic E-state index is -2.08. The van der Waals surface area contributed by atoms with E-state index in [9.17, 15) is 4.79 Å². The van der Waals surface area contributed by atoms with Crippen LogP contribution in [0.3, 0.4) is 0 Å². The maximum atomic E-state index is 13.5. The Bertz CT molecular complexity index is 896. The predicted molar refractivity (Wildman–Crippen MR) is 110 cm³/mol. The molecule has 1 aromatic carbocycles. The fourth-order valence-electron chi connectivity index (χ4n) is 2.93. The average Bonchev–Trinajstić information content (AvgIpc) is 3.02. The second-order valence-electron chi connectivity index (χ2n) is 8.33. The van der Waals surface area contributed by atoms with Crippen molar-refractivity contribution in [2.24, 2.45) is 0 Å². The molecular formula is C18H25N5OSi2. The third-order valence-electron chi connectivity index (χ3n) is 4.14. The summed E-state index contributed by atoms with van der Waals surface area (Å²) in [4.78, 5) is 26.7. The Kier molecular flexibility index (Phi) is 4.57. The van der Waals surface area contributed by atoms with Gasteiger partial charge in [0.25, 0.3) is 5.91 Å². The zero-order chi connectivity index (χ0) is 19.1. The number of amides is 1. The van der Waals surface area contributed by atoms with Crippen LogP contribution in [0.4, 0.5) is 5.82 Å². The molecule has 0 atom stereocenters. The summed E-state index contributed by atoms with van der Waals surface area (Å²) in [6.45, 7) is 13.2. The molecule has 1 amide bonds. The summed E-state index contributed by atoms with van der Waals surface area (Å²) in [5.41, 5.74) is 1.38. The number of imidazole rings is 1. The van der Waals surface area contributed by atoms with Gasteiger partial charge in [0.2, 0.25) is 0 Å². The molecule has 0 spiro atoms. The van der Waals surface area contributed by atoms with Gasteiger partial charge in [-0.1, -0.05) is 57.5 Å². The Balaban J connectivity index is 2.29. The highest BCUT2D eigenvalue weighted by molar-refractivity contribution is 6.84. The van der Waals surface area contributed by atoms with Gasteiger partial charge in [0.15, 0.2) is 22.3 Å². The fraction of sp³-hybridized carbons (Fsp3) is 0.333. The number of rotatable bonds is 4. The molecule has 2 heterocycles. The van der Waals surface area contributed by atoms with E-state index in [2.05, 4.69) is 58.5 Å². The summed E-state index contributed by atoms with van der Waals surface area (Å²) in [5.74, 6) is 1.42. The molecule has 0 saturated carbocycles. The lowest BCUT2D eigenvalue weighted by molar-refractivity contribution is 0.100. The molecule has 2 aliphatic rings. The van der Waals surface area contributed by atoms with Crippen molar-refractivity contribution in [1.29, 1.82) is 0 Å². The molecule has 2 aliphatic heterocycles. The van der Waals surface area contributed by atoms with Crippen molar-refractivity contribution in [3.05, 3.63) is 48.5 Å². The molecule has 0 N–H and O–H groups in total. The van der Waals surface area contributed by atoms with Gasteiger partial charge >= 0.3 is 0 Å². The van der Waals surface area contributed by atoms with Crippen LogP contribution < -0.4 is 4.57 Å². The highest BCUT2D eigenvalue weighted by Crippen LogP contribution is 2.34. The van der Waals surface area contributed by atoms with E-state index in [1.165, 1.54) is 6.33 Å². The molecule has 8 heteroatoms. The smallest absolute Gasteiger partial charge is 0.251 e. The van der Waals surface area contributed by atoms with Gasteiger partial charge < -0.3 is 8.80 Å². The van der Waals surface area contributed by atoms with Crippen LogP contribution in [0, 0.1) is 0 Å². The number of fused-ring (bicyclic) bond motifs is 1. The summed E-state index contributed by atoms with van der Waals surface area (Å²) in [7, 11) is -3.93. The summed E-state index contributed by atoms with van der Waals surface area (Å²) in [6, 6.07) is 9.44. The Morgan fingerprint density at radius 2 is 1.62 bits per heavy atom. The summed E-state index contributed by atoms with van der Waals surface area (Å²) >= 11 is 0. The first kappa shape index (κ1) is 18.5. The lowest BCUT2D eigenvalue weighted by atomic mass is 10.2. The van der Waals surface area contributed by atoms with Crippen LogP contribution >= 0.6 is 0 Å². The molecule has 0 bridgehead atoms. The zero-order valence-corrected chi connectivity index (χ0v) is 18.2. The normalized spacial score (nSPS) is 12.4. The maximum absolute atomic E-state index is 13.5. The number of aromatic nitrogens is 4. The topological polar surface area (TPSA) is 63.9 Å². The molecule has 1 aromatic rings. The van der Waals surface area contributed by atoms with Crippen molar-refractivity contribution in [2.75, 3.05) is 4.57 Å². The van der Waals surface area contributed by atoms with Crippen molar-refractivity contribution in [2.45, 2.75) is 39.3 Å². The number of nitrogens with zero attached hydrogens (tertiary/aromatic N) is 5. The number of carbonyl (C=O) groups excluding carboxylic acids is 1. The second kappa shape index (κ2) is 6.44. The number of hydrogen-bond acceptors (Lipinski definition) is 4. The molecule has 0 unspecified atom stereocenters. The van der Waals surface area contributed by atoms with Crippen LogP contribution in [0.1, 0.15) is 10.4 Å². The molecule has 0 saturated heterocycles. The molecule has 0 radical (unpaired) electrons. The van der Waals surface area contributed by atoms with E-state index in [0.29, 0.717) is 17.1 Å². The molecule has 136 valence electrons. The SMILES string of the molecule is C[Si](C)(C)N(C(=O)c1ccccc1)c1c2ncnc-2ncn1[Si](C)(C)C. The third kappa shape index (κ3) is 3.34. The van der Waals surface area contributed by atoms with Gasteiger partial charge in [-0.3, -0.25) is 4.79 Å². The third-order valence-corrected chi connectivity index (χ3v) is 7.67. The van der Waals surface area contributed by atoms with E-state index in [-0.39, 0.29) is 5.91 Å². The zero-order valence-electron chi connectivity index (χ0n) is 16.2. The summed E-state index contributed by atoms with van der Waals surface area (Å²) in [5, 5.41) is 0. The van der Waals surface area contributed by atoms with Crippen LogP contribution in [0.5, 0.6) is 0 Å². The monoisotopic (exact) mass is 383 g/mol. The number of hydrogen-bond donors (Lipinski definition) is 0. The minimum Gasteiger partial charge on any atom is -0.346 e. The number of benzene rings is 1. The molecule has 3 rings (SSSR count). The van der Waals surface area contributed by atoms with Crippen molar-refractivity contribution in [1.82, 2.24) is 19.2 Å². The van der Waals surface area contributed by atoms with Crippen LogP contribution in [0.25, 0.3) is 11.5 Å². The minimum absolute atomic E-state index is 0.00673. The van der Waals surface area contributed by atoms with Crippen molar-refractivity contribution in [3.63, 3.8) is 0 Å². The first-order chi connectivity index (χ1) is 12.1.